The molecule has 0 fully saturated rings. The van der Waals surface area contributed by atoms with Crippen LogP contribution in [0.25, 0.3) is 0 Å². The van der Waals surface area contributed by atoms with Crippen molar-refractivity contribution in [3.63, 3.8) is 0 Å². The fourth-order valence-corrected chi connectivity index (χ4v) is 3.11. The van der Waals surface area contributed by atoms with Crippen LogP contribution in [0, 0.1) is 10.1 Å². The maximum Gasteiger partial charge on any atom is 0.342 e. The molecule has 0 radical (unpaired) electrons. The Bertz CT molecular complexity index is 828. The summed E-state index contributed by atoms with van der Waals surface area (Å²) in [5.74, 6) is -0.332. The summed E-state index contributed by atoms with van der Waals surface area (Å²) in [6.07, 6.45) is 0.762. The van der Waals surface area contributed by atoms with Crippen LogP contribution in [0.2, 0.25) is 0 Å². The number of non-ortho nitro benzene ring substituents is 1. The van der Waals surface area contributed by atoms with E-state index in [0.29, 0.717) is 6.54 Å². The molecular weight excluding hydrogens is 384 g/mol. The van der Waals surface area contributed by atoms with Crippen LogP contribution in [0.3, 0.4) is 0 Å². The zero-order valence-electron chi connectivity index (χ0n) is 15.3. The lowest BCUT2D eigenvalue weighted by Gasteiger charge is -2.09. The van der Waals surface area contributed by atoms with Crippen LogP contribution >= 0.6 is 11.8 Å². The fraction of sp³-hybridized carbons (Fsp3) is 0.263. The van der Waals surface area contributed by atoms with E-state index >= 15 is 0 Å². The highest BCUT2D eigenvalue weighted by molar-refractivity contribution is 7.99. The van der Waals surface area contributed by atoms with Crippen LogP contribution in [-0.2, 0) is 9.53 Å². The van der Waals surface area contributed by atoms with E-state index < -0.39 is 23.4 Å². The number of amides is 1. The summed E-state index contributed by atoms with van der Waals surface area (Å²) in [7, 11) is 1.33. The predicted molar refractivity (Wildman–Crippen MR) is 105 cm³/mol. The maximum absolute atomic E-state index is 12.1. The number of methoxy groups -OCH3 is 1. The average Bonchev–Trinajstić information content (AvgIpc) is 2.71. The van der Waals surface area contributed by atoms with Crippen LogP contribution in [-0.4, -0.2) is 42.8 Å². The summed E-state index contributed by atoms with van der Waals surface area (Å²) >= 11 is 1.69. The Morgan fingerprint density at radius 3 is 2.61 bits per heavy atom. The van der Waals surface area contributed by atoms with Crippen molar-refractivity contribution in [3.05, 3.63) is 64.2 Å². The molecule has 28 heavy (non-hydrogen) atoms. The highest BCUT2D eigenvalue weighted by Crippen LogP contribution is 2.24. The van der Waals surface area contributed by atoms with Crippen molar-refractivity contribution in [1.29, 1.82) is 0 Å². The standard InChI is InChI=1S/C19H20N2O6S/c1-26-17-9-8-14(21(24)25)12-16(17)19(23)27-13-18(22)20-10-5-11-28-15-6-3-2-4-7-15/h2-4,6-9,12H,5,10-11,13H2,1H3,(H,20,22). The van der Waals surface area contributed by atoms with Crippen molar-refractivity contribution in [2.24, 2.45) is 0 Å². The number of hydrogen-bond donors (Lipinski definition) is 1. The van der Waals surface area contributed by atoms with E-state index in [1.165, 1.54) is 19.2 Å². The third-order valence-electron chi connectivity index (χ3n) is 3.60. The number of rotatable bonds is 10. The van der Waals surface area contributed by atoms with Gasteiger partial charge < -0.3 is 14.8 Å². The van der Waals surface area contributed by atoms with Gasteiger partial charge >= 0.3 is 5.97 Å². The van der Waals surface area contributed by atoms with Gasteiger partial charge in [-0.1, -0.05) is 18.2 Å². The zero-order valence-corrected chi connectivity index (χ0v) is 16.1. The molecule has 1 N–H and O–H groups in total. The Kier molecular flexibility index (Phi) is 8.29. The normalized spacial score (nSPS) is 10.2. The van der Waals surface area contributed by atoms with Crippen molar-refractivity contribution in [1.82, 2.24) is 5.32 Å². The number of carbonyl (C=O) groups excluding carboxylic acids is 2. The fourth-order valence-electron chi connectivity index (χ4n) is 2.24. The Morgan fingerprint density at radius 1 is 1.18 bits per heavy atom. The SMILES string of the molecule is COc1ccc([N+](=O)[O-])cc1C(=O)OCC(=O)NCCCSc1ccccc1. The van der Waals surface area contributed by atoms with E-state index in [0.717, 1.165) is 23.1 Å². The van der Waals surface area contributed by atoms with E-state index in [1.54, 1.807) is 11.8 Å². The lowest BCUT2D eigenvalue weighted by Crippen LogP contribution is -2.29. The Balaban J connectivity index is 1.74. The summed E-state index contributed by atoms with van der Waals surface area (Å²) in [5.41, 5.74) is -0.378. The smallest absolute Gasteiger partial charge is 0.342 e. The highest BCUT2D eigenvalue weighted by atomic mass is 32.2. The lowest BCUT2D eigenvalue weighted by molar-refractivity contribution is -0.384. The molecule has 0 unspecified atom stereocenters. The topological polar surface area (TPSA) is 108 Å². The van der Waals surface area contributed by atoms with Crippen molar-refractivity contribution in [3.8, 4) is 5.75 Å². The van der Waals surface area contributed by atoms with Crippen molar-refractivity contribution in [2.75, 3.05) is 26.0 Å². The van der Waals surface area contributed by atoms with Crippen LogP contribution in [0.4, 0.5) is 5.69 Å². The third-order valence-corrected chi connectivity index (χ3v) is 4.70. The van der Waals surface area contributed by atoms with Crippen LogP contribution in [0.5, 0.6) is 5.75 Å². The van der Waals surface area contributed by atoms with Gasteiger partial charge in [0.25, 0.3) is 11.6 Å². The number of nitrogens with one attached hydrogen (secondary N) is 1. The number of nitro groups is 1. The van der Waals surface area contributed by atoms with Gasteiger partial charge in [-0.05, 0) is 30.4 Å². The van der Waals surface area contributed by atoms with Crippen LogP contribution in [0.1, 0.15) is 16.8 Å². The minimum Gasteiger partial charge on any atom is -0.496 e. The second kappa shape index (κ2) is 10.9. The molecule has 2 aromatic rings. The van der Waals surface area contributed by atoms with Crippen molar-refractivity contribution in [2.45, 2.75) is 11.3 Å². The molecule has 0 aliphatic rings. The molecule has 9 heteroatoms. The number of hydrogen-bond acceptors (Lipinski definition) is 7. The minimum absolute atomic E-state index is 0.108. The van der Waals surface area contributed by atoms with Gasteiger partial charge in [0, 0.05) is 23.6 Å². The maximum atomic E-state index is 12.1. The molecule has 0 aromatic heterocycles. The van der Waals surface area contributed by atoms with Gasteiger partial charge in [0.05, 0.1) is 12.0 Å². The lowest BCUT2D eigenvalue weighted by atomic mass is 10.2. The zero-order chi connectivity index (χ0) is 20.4. The molecule has 0 heterocycles. The number of ether oxygens (including phenoxy) is 2. The van der Waals surface area contributed by atoms with E-state index in [4.69, 9.17) is 9.47 Å². The van der Waals surface area contributed by atoms with Gasteiger partial charge in [-0.2, -0.15) is 0 Å². The predicted octanol–water partition coefficient (Wildman–Crippen LogP) is 3.06. The number of thioether (sulfide) groups is 1. The summed E-state index contributed by atoms with van der Waals surface area (Å²) in [6, 6.07) is 13.5. The Morgan fingerprint density at radius 2 is 1.93 bits per heavy atom. The summed E-state index contributed by atoms with van der Waals surface area (Å²) < 4.78 is 9.94. The van der Waals surface area contributed by atoms with Gasteiger partial charge in [0.15, 0.2) is 6.61 Å². The summed E-state index contributed by atoms with van der Waals surface area (Å²) in [6.45, 7) is -0.0210. The first-order valence-corrected chi connectivity index (χ1v) is 9.44. The minimum atomic E-state index is -0.865. The monoisotopic (exact) mass is 404 g/mol. The van der Waals surface area contributed by atoms with E-state index in [1.807, 2.05) is 30.3 Å². The number of benzene rings is 2. The largest absolute Gasteiger partial charge is 0.496 e. The quantitative estimate of drug-likeness (QED) is 0.213. The van der Waals surface area contributed by atoms with Gasteiger partial charge in [0.1, 0.15) is 11.3 Å². The third kappa shape index (κ3) is 6.58. The molecule has 0 aliphatic carbocycles. The van der Waals surface area contributed by atoms with E-state index in [9.17, 15) is 19.7 Å². The number of nitrogens with zero attached hydrogens (tertiary/aromatic N) is 1. The first-order chi connectivity index (χ1) is 13.5. The summed E-state index contributed by atoms with van der Waals surface area (Å²) in [4.78, 5) is 35.3. The van der Waals surface area contributed by atoms with Crippen LogP contribution in [0.15, 0.2) is 53.4 Å². The molecule has 2 aromatic carbocycles. The molecule has 0 atom stereocenters. The molecule has 0 bridgehead atoms. The molecular formula is C19H20N2O6S. The van der Waals surface area contributed by atoms with Crippen molar-refractivity contribution >= 4 is 29.3 Å². The van der Waals surface area contributed by atoms with Gasteiger partial charge in [0.2, 0.25) is 0 Å². The highest BCUT2D eigenvalue weighted by Gasteiger charge is 2.19. The van der Waals surface area contributed by atoms with E-state index in [-0.39, 0.29) is 17.0 Å². The number of nitro benzene ring substituents is 1. The molecule has 2 rings (SSSR count). The van der Waals surface area contributed by atoms with Crippen molar-refractivity contribution < 1.29 is 24.0 Å². The second-order valence-corrected chi connectivity index (χ2v) is 6.75. The molecule has 1 amide bonds. The average molecular weight is 404 g/mol. The van der Waals surface area contributed by atoms with E-state index in [2.05, 4.69) is 5.32 Å². The molecule has 0 saturated heterocycles. The first-order valence-electron chi connectivity index (χ1n) is 8.45. The second-order valence-electron chi connectivity index (χ2n) is 5.58. The van der Waals surface area contributed by atoms with Gasteiger partial charge in [-0.15, -0.1) is 11.8 Å². The number of esters is 1. The molecule has 148 valence electrons. The summed E-state index contributed by atoms with van der Waals surface area (Å²) in [5, 5.41) is 13.5. The van der Waals surface area contributed by atoms with Crippen LogP contribution < -0.4 is 10.1 Å². The molecule has 0 saturated carbocycles. The number of carbonyl (C=O) groups is 2. The molecule has 0 aliphatic heterocycles. The molecule has 8 nitrogen and oxygen atoms in total. The Labute approximate surface area is 166 Å². The first kappa shape index (κ1) is 21.2. The van der Waals surface area contributed by atoms with Gasteiger partial charge in [-0.25, -0.2) is 4.79 Å². The molecule has 0 spiro atoms. The Hall–Kier alpha value is -3.07. The van der Waals surface area contributed by atoms with Gasteiger partial charge in [-0.3, -0.25) is 14.9 Å².